The number of benzene rings is 1. The Morgan fingerprint density at radius 3 is 2.52 bits per heavy atom. The number of alkyl halides is 3. The van der Waals surface area contributed by atoms with E-state index in [1.807, 2.05) is 29.3 Å². The Morgan fingerprint density at radius 2 is 1.83 bits per heavy atom. The van der Waals surface area contributed by atoms with E-state index in [1.165, 1.54) is 23.4 Å². The lowest BCUT2D eigenvalue weighted by molar-refractivity contribution is -0.182. The average molecular weight is 805 g/mol. The Hall–Kier alpha value is -6.34. The molecule has 1 aromatic carbocycles. The molecule has 3 aliphatic rings. The van der Waals surface area contributed by atoms with Crippen LogP contribution < -0.4 is 25.2 Å². The summed E-state index contributed by atoms with van der Waals surface area (Å²) < 4.78 is 65.2. The number of rotatable bonds is 10. The molecule has 2 saturated heterocycles. The highest BCUT2D eigenvalue weighted by Gasteiger charge is 2.51. The average Bonchev–Trinajstić information content (AvgIpc) is 3.95. The van der Waals surface area contributed by atoms with Crippen LogP contribution in [0, 0.1) is 11.2 Å². The molecule has 0 bridgehead atoms. The van der Waals surface area contributed by atoms with E-state index in [4.69, 9.17) is 4.74 Å². The highest BCUT2D eigenvalue weighted by molar-refractivity contribution is 6.05. The van der Waals surface area contributed by atoms with E-state index in [9.17, 15) is 27.6 Å². The Bertz CT molecular complexity index is 2370. The van der Waals surface area contributed by atoms with Crippen LogP contribution in [0.3, 0.4) is 0 Å². The largest absolute Gasteiger partial charge is 0.490 e. The first-order valence-electron chi connectivity index (χ1n) is 18.7. The molecule has 4 amide bonds. The lowest BCUT2D eigenvalue weighted by Crippen LogP contribution is -2.59. The van der Waals surface area contributed by atoms with E-state index in [0.717, 1.165) is 50.7 Å². The van der Waals surface area contributed by atoms with Crippen molar-refractivity contribution in [2.45, 2.75) is 70.2 Å². The molecule has 1 spiro atoms. The molecule has 1 saturated carbocycles. The fourth-order valence-corrected chi connectivity index (χ4v) is 7.55. The third kappa shape index (κ3) is 7.45. The Morgan fingerprint density at radius 1 is 1.05 bits per heavy atom. The van der Waals surface area contributed by atoms with Gasteiger partial charge >= 0.3 is 12.2 Å². The molecule has 0 radical (unpaired) electrons. The van der Waals surface area contributed by atoms with Gasteiger partial charge in [0, 0.05) is 68.1 Å². The van der Waals surface area contributed by atoms with Gasteiger partial charge < -0.3 is 15.0 Å². The lowest BCUT2D eigenvalue weighted by Gasteiger charge is -2.53. The molecule has 58 heavy (non-hydrogen) atoms. The van der Waals surface area contributed by atoms with Gasteiger partial charge in [0.2, 0.25) is 5.91 Å². The van der Waals surface area contributed by atoms with E-state index in [1.54, 1.807) is 28.8 Å². The van der Waals surface area contributed by atoms with Crippen molar-refractivity contribution in [1.29, 1.82) is 0 Å². The van der Waals surface area contributed by atoms with Gasteiger partial charge in [0.1, 0.15) is 17.0 Å². The quantitative estimate of drug-likeness (QED) is 0.163. The number of carbonyl (C=O) groups is 3. The number of amides is 4. The fraction of sp³-hybridized carbons (Fsp3) is 0.421. The van der Waals surface area contributed by atoms with Gasteiger partial charge in [-0.25, -0.2) is 23.8 Å². The number of imide groups is 1. The van der Waals surface area contributed by atoms with Crippen LogP contribution >= 0.6 is 0 Å². The molecule has 6 heterocycles. The van der Waals surface area contributed by atoms with Crippen molar-refractivity contribution in [2.24, 2.45) is 12.5 Å². The molecule has 16 nitrogen and oxygen atoms in total. The maximum atomic E-state index is 15.2. The molecule has 4 aromatic heterocycles. The zero-order valence-electron chi connectivity index (χ0n) is 31.8. The predicted octanol–water partition coefficient (Wildman–Crippen LogP) is 4.97. The molecule has 5 aromatic rings. The van der Waals surface area contributed by atoms with Crippen molar-refractivity contribution in [3.8, 4) is 22.6 Å². The van der Waals surface area contributed by atoms with Crippen LogP contribution in [0.25, 0.3) is 16.8 Å². The van der Waals surface area contributed by atoms with Crippen molar-refractivity contribution in [2.75, 3.05) is 29.4 Å². The number of aromatic nitrogens is 8. The first-order valence-corrected chi connectivity index (χ1v) is 18.7. The van der Waals surface area contributed by atoms with Crippen molar-refractivity contribution >= 4 is 29.4 Å². The molecule has 20 heteroatoms. The Kier molecular flexibility index (Phi) is 9.67. The number of H-pyrrole nitrogens is 1. The van der Waals surface area contributed by atoms with Crippen LogP contribution in [0.4, 0.5) is 33.9 Å². The van der Waals surface area contributed by atoms with Gasteiger partial charge in [-0.15, -0.1) is 0 Å². The van der Waals surface area contributed by atoms with Crippen LogP contribution in [-0.4, -0.2) is 89.5 Å². The van der Waals surface area contributed by atoms with Crippen molar-refractivity contribution in [3.05, 3.63) is 78.3 Å². The summed E-state index contributed by atoms with van der Waals surface area (Å²) in [5.41, 5.74) is 0.502. The summed E-state index contributed by atoms with van der Waals surface area (Å²) in [6.45, 7) is 3.28. The molecule has 2 aliphatic heterocycles. The summed E-state index contributed by atoms with van der Waals surface area (Å²) in [5.74, 6) is -0.839. The SMILES string of the molecule is Cn1cc(-c2cc(OC3CCC4(CC3)CN(c3ncc(N5CCC(=O)NC5=O)cc3F)C4)ccc2-n2cc(C(=O)NCc3nc(C(C)(C)C(F)(F)F)n[nH]3)cn2)cn1. The molecular weight excluding hydrogens is 764 g/mol. The number of urea groups is 1. The molecule has 3 N–H and O–H groups in total. The number of hydrogen-bond acceptors (Lipinski definition) is 10. The van der Waals surface area contributed by atoms with Gasteiger partial charge in [-0.2, -0.15) is 28.5 Å². The van der Waals surface area contributed by atoms with Crippen LogP contribution in [0.15, 0.2) is 55.2 Å². The van der Waals surface area contributed by atoms with Gasteiger partial charge in [-0.05, 0) is 57.7 Å². The summed E-state index contributed by atoms with van der Waals surface area (Å²) in [6, 6.07) is 6.30. The van der Waals surface area contributed by atoms with Crippen molar-refractivity contribution < 1.29 is 36.7 Å². The standard InChI is InChI=1S/C38H40F4N12O4/c1-36(2,38(40,41)42)34-47-30(49-50-34)17-44-33(56)23-15-46-54(19-23)29-5-4-26(13-27(29)22-14-45-51(3)18-22)58-25-6-9-37(10-7-25)20-52(21-37)32-28(39)12-24(16-43-32)53-11-8-31(55)48-35(53)57/h4-5,12-16,18-19,25H,6-11,17,20-21H2,1-3H3,(H,44,56)(H,47,49,50)(H,48,55,57). The van der Waals surface area contributed by atoms with E-state index in [0.29, 0.717) is 30.2 Å². The van der Waals surface area contributed by atoms with Crippen LogP contribution in [0.2, 0.25) is 0 Å². The van der Waals surface area contributed by atoms with Crippen LogP contribution in [-0.2, 0) is 23.8 Å². The first-order chi connectivity index (χ1) is 27.6. The number of halogens is 4. The molecule has 3 fully saturated rings. The fourth-order valence-electron chi connectivity index (χ4n) is 7.55. The summed E-state index contributed by atoms with van der Waals surface area (Å²) in [5, 5.41) is 19.8. The Labute approximate surface area is 329 Å². The number of aromatic amines is 1. The van der Waals surface area contributed by atoms with E-state index >= 15 is 4.39 Å². The first kappa shape index (κ1) is 38.5. The van der Waals surface area contributed by atoms with Gasteiger partial charge in [0.25, 0.3) is 5.91 Å². The second-order valence-electron chi connectivity index (χ2n) is 15.6. The van der Waals surface area contributed by atoms with Crippen molar-refractivity contribution in [3.63, 3.8) is 0 Å². The predicted molar refractivity (Wildman–Crippen MR) is 200 cm³/mol. The zero-order valence-corrected chi connectivity index (χ0v) is 31.8. The second-order valence-corrected chi connectivity index (χ2v) is 15.6. The summed E-state index contributed by atoms with van der Waals surface area (Å²) in [6.07, 6.45) is 6.93. The van der Waals surface area contributed by atoms with Gasteiger partial charge in [-0.3, -0.25) is 29.6 Å². The van der Waals surface area contributed by atoms with Gasteiger partial charge in [0.15, 0.2) is 17.5 Å². The van der Waals surface area contributed by atoms with E-state index in [2.05, 4.69) is 41.0 Å². The number of anilines is 2. The maximum Gasteiger partial charge on any atom is 0.401 e. The smallest absolute Gasteiger partial charge is 0.401 e. The minimum Gasteiger partial charge on any atom is -0.490 e. The third-order valence-corrected chi connectivity index (χ3v) is 11.1. The maximum absolute atomic E-state index is 15.2. The number of aryl methyl sites for hydroxylation is 1. The minimum atomic E-state index is -4.55. The van der Waals surface area contributed by atoms with E-state index in [-0.39, 0.29) is 54.1 Å². The number of nitrogens with one attached hydrogen (secondary N) is 3. The number of ether oxygens (including phenoxy) is 1. The molecule has 8 rings (SSSR count). The number of carbonyl (C=O) groups excluding carboxylic acids is 3. The van der Waals surface area contributed by atoms with Crippen molar-refractivity contribution in [1.82, 2.24) is 50.4 Å². The molecule has 1 aliphatic carbocycles. The molecule has 0 atom stereocenters. The lowest BCUT2D eigenvalue weighted by atomic mass is 9.68. The van der Waals surface area contributed by atoms with Gasteiger partial charge in [0.05, 0.1) is 48.2 Å². The van der Waals surface area contributed by atoms with Crippen LogP contribution in [0.5, 0.6) is 5.75 Å². The normalized spacial score (nSPS) is 17.4. The summed E-state index contributed by atoms with van der Waals surface area (Å²) in [7, 11) is 1.81. The van der Waals surface area contributed by atoms with Gasteiger partial charge in [-0.1, -0.05) is 0 Å². The van der Waals surface area contributed by atoms with E-state index < -0.39 is 35.2 Å². The zero-order chi connectivity index (χ0) is 41.0. The summed E-state index contributed by atoms with van der Waals surface area (Å²) >= 11 is 0. The number of nitrogens with zero attached hydrogens (tertiary/aromatic N) is 9. The third-order valence-electron chi connectivity index (χ3n) is 11.1. The number of hydrogen-bond donors (Lipinski definition) is 3. The highest BCUT2D eigenvalue weighted by atomic mass is 19.4. The molecule has 304 valence electrons. The molecule has 0 unspecified atom stereocenters. The highest BCUT2D eigenvalue weighted by Crippen LogP contribution is 2.47. The second kappa shape index (κ2) is 14.6. The monoisotopic (exact) mass is 804 g/mol. The number of pyridine rings is 1. The van der Waals surface area contributed by atoms with Crippen LogP contribution in [0.1, 0.15) is 68.0 Å². The Balaban J connectivity index is 0.889. The topological polar surface area (TPSA) is 181 Å². The summed E-state index contributed by atoms with van der Waals surface area (Å²) in [4.78, 5) is 48.2. The molecular formula is C38H40F4N12O4. The minimum absolute atomic E-state index is 0.0242.